The Balaban J connectivity index is 1.29. The zero-order chi connectivity index (χ0) is 33.3. The molecule has 0 amide bonds. The van der Waals surface area contributed by atoms with Crippen LogP contribution in [-0.4, -0.2) is 30.6 Å². The number of allylic oxidation sites excluding steroid dienone is 2. The molecule has 10 nitrogen and oxygen atoms in total. The maximum atomic E-state index is 12.4. The molecular formula is C36H32N2O8S2. The number of nitrogens with zero attached hydrogens (tertiary/aromatic N) is 2. The molecule has 0 aliphatic carbocycles. The molecule has 0 N–H and O–H groups in total. The first-order valence-electron chi connectivity index (χ1n) is 15.5. The van der Waals surface area contributed by atoms with Gasteiger partial charge in [0, 0.05) is 42.4 Å². The van der Waals surface area contributed by atoms with Gasteiger partial charge >= 0.3 is 11.8 Å². The molecule has 2 aliphatic rings. The van der Waals surface area contributed by atoms with Crippen LogP contribution in [0.4, 0.5) is 5.69 Å². The van der Waals surface area contributed by atoms with Gasteiger partial charge in [-0.05, 0) is 46.4 Å². The van der Waals surface area contributed by atoms with E-state index >= 15 is 0 Å². The van der Waals surface area contributed by atoms with Crippen LogP contribution in [0.15, 0.2) is 119 Å². The number of aromatic nitrogens is 1. The van der Waals surface area contributed by atoms with Crippen molar-refractivity contribution in [2.45, 2.75) is 31.7 Å². The second kappa shape index (κ2) is 13.3. The first-order chi connectivity index (χ1) is 23.3. The van der Waals surface area contributed by atoms with Gasteiger partial charge < -0.3 is 19.0 Å². The number of aryl methyl sites for hydroxylation is 1. The summed E-state index contributed by atoms with van der Waals surface area (Å²) in [7, 11) is -4.63. The Morgan fingerprint density at radius 2 is 1.67 bits per heavy atom. The summed E-state index contributed by atoms with van der Waals surface area (Å²) in [6, 6.07) is 31.6. The highest BCUT2D eigenvalue weighted by atomic mass is 32.2. The molecule has 48 heavy (non-hydrogen) atoms. The molecule has 1 spiro atoms. The number of hydrogen-bond acceptors (Lipinski definition) is 9. The zero-order valence-corrected chi connectivity index (χ0v) is 27.6. The number of rotatable bonds is 12. The van der Waals surface area contributed by atoms with Crippen LogP contribution >= 0.6 is 12.0 Å². The number of benzene rings is 4. The van der Waals surface area contributed by atoms with Crippen molar-refractivity contribution in [1.29, 1.82) is 0 Å². The molecule has 3 heterocycles. The first kappa shape index (κ1) is 32.3. The molecule has 246 valence electrons. The summed E-state index contributed by atoms with van der Waals surface area (Å²) in [5.41, 5.74) is 7.04. The highest BCUT2D eigenvalue weighted by Gasteiger charge is 2.69. The smallest absolute Gasteiger partial charge is 0.374 e. The highest BCUT2D eigenvalue weighted by Crippen LogP contribution is 2.56. The van der Waals surface area contributed by atoms with Gasteiger partial charge in [-0.2, -0.15) is 13.4 Å². The third-order valence-electron chi connectivity index (χ3n) is 8.79. The van der Waals surface area contributed by atoms with Crippen molar-refractivity contribution in [3.63, 3.8) is 0 Å². The molecule has 2 atom stereocenters. The van der Waals surface area contributed by atoms with Crippen LogP contribution in [0.25, 0.3) is 39.4 Å². The Bertz CT molecular complexity index is 2130. The first-order valence-corrected chi connectivity index (χ1v) is 17.9. The van der Waals surface area contributed by atoms with Gasteiger partial charge in [-0.25, -0.2) is 8.42 Å². The largest absolute Gasteiger partial charge is 0.743 e. The molecule has 1 fully saturated rings. The third kappa shape index (κ3) is 6.19. The van der Waals surface area contributed by atoms with Crippen LogP contribution < -0.4 is 19.0 Å². The van der Waals surface area contributed by atoms with E-state index in [0.29, 0.717) is 53.9 Å². The molecule has 7 rings (SSSR count). The minimum Gasteiger partial charge on any atom is -0.743 e. The topological polar surface area (TPSA) is 125 Å². The molecule has 2 aliphatic heterocycles. The Labute approximate surface area is 282 Å². The van der Waals surface area contributed by atoms with Crippen molar-refractivity contribution in [2.75, 3.05) is 12.3 Å². The van der Waals surface area contributed by atoms with Crippen LogP contribution in [0.2, 0.25) is 0 Å². The van der Waals surface area contributed by atoms with E-state index in [-0.39, 0.29) is 11.0 Å². The summed E-state index contributed by atoms with van der Waals surface area (Å²) in [6.45, 7) is 2.64. The number of ether oxygens (including phenoxy) is 1. The Morgan fingerprint density at radius 1 is 0.979 bits per heavy atom. The molecular weight excluding hydrogens is 653 g/mol. The molecule has 0 saturated carbocycles. The van der Waals surface area contributed by atoms with Gasteiger partial charge in [-0.15, -0.1) is 0 Å². The number of oxazole rings is 1. The van der Waals surface area contributed by atoms with E-state index in [4.69, 9.17) is 9.15 Å². The highest BCUT2D eigenvalue weighted by molar-refractivity contribution is 7.94. The van der Waals surface area contributed by atoms with Crippen LogP contribution in [0.5, 0.6) is 5.75 Å². The van der Waals surface area contributed by atoms with Gasteiger partial charge in [0.05, 0.1) is 6.08 Å². The van der Waals surface area contributed by atoms with Crippen molar-refractivity contribution in [3.05, 3.63) is 120 Å². The van der Waals surface area contributed by atoms with Crippen molar-refractivity contribution < 1.29 is 41.3 Å². The lowest BCUT2D eigenvalue weighted by molar-refractivity contribution is -0.777. The van der Waals surface area contributed by atoms with E-state index < -0.39 is 15.5 Å². The van der Waals surface area contributed by atoms with Crippen molar-refractivity contribution in [2.24, 2.45) is 0 Å². The van der Waals surface area contributed by atoms with E-state index in [1.54, 1.807) is 0 Å². The Hall–Kier alpha value is -4.27. The second-order valence-electron chi connectivity index (χ2n) is 11.7. The van der Waals surface area contributed by atoms with Crippen LogP contribution in [-0.2, 0) is 26.0 Å². The second-order valence-corrected chi connectivity index (χ2v) is 14.0. The summed E-state index contributed by atoms with van der Waals surface area (Å²) in [6.07, 6.45) is 4.97. The van der Waals surface area contributed by atoms with Crippen molar-refractivity contribution in [1.82, 2.24) is 4.48 Å². The summed E-state index contributed by atoms with van der Waals surface area (Å²) in [5.74, 6) is 2.00. The molecule has 4 aromatic carbocycles. The predicted molar refractivity (Wildman–Crippen MR) is 180 cm³/mol. The van der Waals surface area contributed by atoms with Gasteiger partial charge in [0.25, 0.3) is 5.52 Å². The quantitative estimate of drug-likeness (QED) is 0.0220. The summed E-state index contributed by atoms with van der Waals surface area (Å²) in [4.78, 5) is 0. The molecule has 2 unspecified atom stereocenters. The lowest BCUT2D eigenvalue weighted by atomic mass is 10.0. The van der Waals surface area contributed by atoms with Crippen LogP contribution in [0.3, 0.4) is 0 Å². The lowest BCUT2D eigenvalue weighted by Gasteiger charge is -2.15. The number of fused-ring (bicyclic) bond motifs is 3. The minimum atomic E-state index is -4.63. The average Bonchev–Trinajstić information content (AvgIpc) is 3.70. The molecule has 0 bridgehead atoms. The van der Waals surface area contributed by atoms with E-state index in [1.807, 2.05) is 97.9 Å². The standard InChI is InChI=1S/C36H32N2O8S2/c1-2-25(20-34-37(18-9-19-47-46-45-39)30-22-28(14-16-32(30)43-34)26-10-5-3-6-11-26)21-35-38(24-36(38)48(40,41)42)31-23-29(15-17-33(31)44-35)27-12-7-4-8-13-27/h3-8,10-17,20-23,36H,2,9,18-19,24H2,1H3/b25-20+,35-21-. The fraction of sp³-hybridized carbons (Fsp3) is 0.194. The number of quaternary nitrogens is 1. The van der Waals surface area contributed by atoms with Gasteiger partial charge in [0.1, 0.15) is 0 Å². The monoisotopic (exact) mass is 684 g/mol. The van der Waals surface area contributed by atoms with Crippen molar-refractivity contribution in [3.8, 4) is 28.0 Å². The molecule has 12 heteroatoms. The summed E-state index contributed by atoms with van der Waals surface area (Å²) >= 11 is 0.932. The number of hydrogen-bond donors (Lipinski definition) is 0. The normalized spacial score (nSPS) is 19.6. The zero-order valence-electron chi connectivity index (χ0n) is 26.0. The van der Waals surface area contributed by atoms with Gasteiger partial charge in [-0.1, -0.05) is 79.7 Å². The van der Waals surface area contributed by atoms with Gasteiger partial charge in [0.2, 0.25) is 11.0 Å². The fourth-order valence-corrected chi connectivity index (χ4v) is 7.76. The Morgan fingerprint density at radius 3 is 2.31 bits per heavy atom. The van der Waals surface area contributed by atoms with Crippen LogP contribution in [0.1, 0.15) is 25.7 Å². The maximum absolute atomic E-state index is 12.4. The van der Waals surface area contributed by atoms with E-state index in [1.165, 1.54) is 0 Å². The van der Waals surface area contributed by atoms with E-state index in [0.717, 1.165) is 45.4 Å². The summed E-state index contributed by atoms with van der Waals surface area (Å²) in [5, 5.41) is 12.6. The van der Waals surface area contributed by atoms with Crippen molar-refractivity contribution >= 4 is 45.0 Å². The van der Waals surface area contributed by atoms with Gasteiger partial charge in [-0.3, -0.25) is 5.04 Å². The molecule has 1 aromatic heterocycles. The van der Waals surface area contributed by atoms with Gasteiger partial charge in [0.15, 0.2) is 34.6 Å². The molecule has 5 aromatic rings. The van der Waals surface area contributed by atoms with E-state index in [2.05, 4.69) is 32.1 Å². The molecule has 1 saturated heterocycles. The SMILES string of the molecule is CCC(/C=C1\Oc2ccc(-c3ccccc3)cc2[N+]12CC2S(=O)(=O)[O-])=C\c1oc2ccc(-c3ccccc3)cc2[n+]1CCCSOO[O-]. The minimum absolute atomic E-state index is 0.0968. The summed E-state index contributed by atoms with van der Waals surface area (Å²) < 4.78 is 56.3. The molecule has 0 radical (unpaired) electrons. The fourth-order valence-electron chi connectivity index (χ4n) is 6.33. The maximum Gasteiger partial charge on any atom is 0.374 e. The van der Waals surface area contributed by atoms with Crippen LogP contribution in [0, 0.1) is 0 Å². The predicted octanol–water partition coefficient (Wildman–Crippen LogP) is 6.24. The third-order valence-corrected chi connectivity index (χ3v) is 10.6. The van der Waals surface area contributed by atoms with E-state index in [9.17, 15) is 18.2 Å². The Kier molecular flexibility index (Phi) is 8.96. The lowest BCUT2D eigenvalue weighted by Crippen LogP contribution is -2.35. The average molecular weight is 685 g/mol.